The number of phenolic OH excluding ortho intramolecular Hbond substituents is 1. The molecule has 0 spiro atoms. The molecule has 0 atom stereocenters. The number of phenols is 1. The van der Waals surface area contributed by atoms with E-state index < -0.39 is 16.4 Å². The van der Waals surface area contributed by atoms with E-state index >= 15 is 0 Å². The van der Waals surface area contributed by atoms with E-state index in [0.717, 1.165) is 26.1 Å². The average molecular weight is 293 g/mol. The molecule has 114 valence electrons. The molecule has 1 aromatic rings. The molecule has 0 aromatic heterocycles. The van der Waals surface area contributed by atoms with E-state index in [4.69, 9.17) is 0 Å². The van der Waals surface area contributed by atoms with Crippen LogP contribution < -0.4 is 0 Å². The summed E-state index contributed by atoms with van der Waals surface area (Å²) in [5, 5.41) is 20.7. The van der Waals surface area contributed by atoms with Crippen molar-refractivity contribution >= 4 is 11.6 Å². The van der Waals surface area contributed by atoms with E-state index in [1.807, 2.05) is 0 Å². The van der Waals surface area contributed by atoms with Gasteiger partial charge in [0.15, 0.2) is 0 Å². The van der Waals surface area contributed by atoms with Crippen molar-refractivity contribution in [2.45, 2.75) is 13.3 Å². The van der Waals surface area contributed by atoms with Crippen LogP contribution in [-0.2, 0) is 0 Å². The van der Waals surface area contributed by atoms with Gasteiger partial charge in [-0.1, -0.05) is 13.0 Å². The highest BCUT2D eigenvalue weighted by molar-refractivity contribution is 5.98. The van der Waals surface area contributed by atoms with Crippen LogP contribution in [0.25, 0.3) is 0 Å². The fourth-order valence-electron chi connectivity index (χ4n) is 2.51. The van der Waals surface area contributed by atoms with Crippen molar-refractivity contribution < 1.29 is 14.8 Å². The summed E-state index contributed by atoms with van der Waals surface area (Å²) >= 11 is 0. The Balaban J connectivity index is 2.11. The number of amides is 1. The highest BCUT2D eigenvalue weighted by Crippen LogP contribution is 2.30. The SMILES string of the molecule is CCCN1CCN(C(=O)c2cccc([N+](=O)[O-])c2O)CC1. The first-order valence-electron chi connectivity index (χ1n) is 7.02. The van der Waals surface area contributed by atoms with Gasteiger partial charge in [-0.25, -0.2) is 0 Å². The molecule has 7 nitrogen and oxygen atoms in total. The second-order valence-electron chi connectivity index (χ2n) is 5.06. The first kappa shape index (κ1) is 15.2. The molecule has 0 bridgehead atoms. The number of piperazine rings is 1. The summed E-state index contributed by atoms with van der Waals surface area (Å²) in [6.45, 7) is 5.83. The lowest BCUT2D eigenvalue weighted by molar-refractivity contribution is -0.385. The summed E-state index contributed by atoms with van der Waals surface area (Å²) in [4.78, 5) is 26.4. The van der Waals surface area contributed by atoms with Crippen LogP contribution in [0.2, 0.25) is 0 Å². The number of carbonyl (C=O) groups is 1. The van der Waals surface area contributed by atoms with Gasteiger partial charge in [-0.05, 0) is 19.0 Å². The van der Waals surface area contributed by atoms with Crippen molar-refractivity contribution in [2.75, 3.05) is 32.7 Å². The van der Waals surface area contributed by atoms with Crippen LogP contribution >= 0.6 is 0 Å². The Kier molecular flexibility index (Phi) is 4.74. The predicted molar refractivity (Wildman–Crippen MR) is 77.4 cm³/mol. The zero-order valence-electron chi connectivity index (χ0n) is 12.0. The molecule has 1 saturated heterocycles. The maximum absolute atomic E-state index is 12.4. The molecule has 0 radical (unpaired) electrons. The maximum atomic E-state index is 12.4. The standard InChI is InChI=1S/C14H19N3O4/c1-2-6-15-7-9-16(10-8-15)14(19)11-4-3-5-12(13(11)18)17(20)21/h3-5,18H,2,6-10H2,1H3. The number of benzene rings is 1. The smallest absolute Gasteiger partial charge is 0.311 e. The maximum Gasteiger partial charge on any atom is 0.311 e. The number of rotatable bonds is 4. The Hall–Kier alpha value is -2.15. The lowest BCUT2D eigenvalue weighted by atomic mass is 10.1. The molecule has 0 aliphatic carbocycles. The monoisotopic (exact) mass is 293 g/mol. The van der Waals surface area contributed by atoms with Crippen molar-refractivity contribution in [2.24, 2.45) is 0 Å². The molecule has 1 amide bonds. The van der Waals surface area contributed by atoms with E-state index in [0.29, 0.717) is 13.1 Å². The van der Waals surface area contributed by atoms with Crippen molar-refractivity contribution in [3.05, 3.63) is 33.9 Å². The number of carbonyl (C=O) groups excluding carboxylic acids is 1. The molecule has 1 heterocycles. The lowest BCUT2D eigenvalue weighted by Gasteiger charge is -2.34. The third-order valence-corrected chi connectivity index (χ3v) is 3.64. The van der Waals surface area contributed by atoms with E-state index in [-0.39, 0.29) is 11.5 Å². The largest absolute Gasteiger partial charge is 0.502 e. The van der Waals surface area contributed by atoms with Crippen LogP contribution in [0, 0.1) is 10.1 Å². The summed E-state index contributed by atoms with van der Waals surface area (Å²) in [7, 11) is 0. The molecule has 0 unspecified atom stereocenters. The molecule has 0 saturated carbocycles. The van der Waals surface area contributed by atoms with Crippen LogP contribution in [0.3, 0.4) is 0 Å². The lowest BCUT2D eigenvalue weighted by Crippen LogP contribution is -2.48. The first-order valence-corrected chi connectivity index (χ1v) is 7.02. The van der Waals surface area contributed by atoms with Crippen LogP contribution in [0.1, 0.15) is 23.7 Å². The van der Waals surface area contributed by atoms with Gasteiger partial charge < -0.3 is 10.0 Å². The topological polar surface area (TPSA) is 86.9 Å². The number of aromatic hydroxyl groups is 1. The normalized spacial score (nSPS) is 16.0. The van der Waals surface area contributed by atoms with Gasteiger partial charge in [-0.2, -0.15) is 0 Å². The van der Waals surface area contributed by atoms with Gasteiger partial charge in [0.25, 0.3) is 5.91 Å². The minimum absolute atomic E-state index is 0.00635. The van der Waals surface area contributed by atoms with E-state index in [2.05, 4.69) is 11.8 Å². The Morgan fingerprint density at radius 2 is 2.00 bits per heavy atom. The van der Waals surface area contributed by atoms with Crippen molar-refractivity contribution in [1.82, 2.24) is 9.80 Å². The average Bonchev–Trinajstić information content (AvgIpc) is 2.47. The highest BCUT2D eigenvalue weighted by Gasteiger charge is 2.26. The summed E-state index contributed by atoms with van der Waals surface area (Å²) in [6.07, 6.45) is 1.07. The van der Waals surface area contributed by atoms with Gasteiger partial charge in [0.05, 0.1) is 10.5 Å². The second-order valence-corrected chi connectivity index (χ2v) is 5.06. The second kappa shape index (κ2) is 6.53. The zero-order chi connectivity index (χ0) is 15.4. The summed E-state index contributed by atoms with van der Waals surface area (Å²) < 4.78 is 0. The molecule has 1 aliphatic rings. The van der Waals surface area contributed by atoms with Crippen molar-refractivity contribution in [3.8, 4) is 5.75 Å². The Bertz CT molecular complexity index is 539. The van der Waals surface area contributed by atoms with E-state index in [1.54, 1.807) is 4.90 Å². The number of para-hydroxylation sites is 1. The van der Waals surface area contributed by atoms with Gasteiger partial charge >= 0.3 is 5.69 Å². The third kappa shape index (κ3) is 3.30. The van der Waals surface area contributed by atoms with E-state index in [9.17, 15) is 20.0 Å². The molecule has 1 N–H and O–H groups in total. The fourth-order valence-corrected chi connectivity index (χ4v) is 2.51. The Morgan fingerprint density at radius 3 is 2.57 bits per heavy atom. The number of nitro benzene ring substituents is 1. The number of hydrogen-bond donors (Lipinski definition) is 1. The molecule has 1 aliphatic heterocycles. The number of hydrogen-bond acceptors (Lipinski definition) is 5. The molecule has 2 rings (SSSR count). The molecule has 1 fully saturated rings. The molecular weight excluding hydrogens is 274 g/mol. The Morgan fingerprint density at radius 1 is 1.33 bits per heavy atom. The van der Waals surface area contributed by atoms with Crippen LogP contribution in [0.5, 0.6) is 5.75 Å². The van der Waals surface area contributed by atoms with Crippen LogP contribution in [0.4, 0.5) is 5.69 Å². The van der Waals surface area contributed by atoms with E-state index in [1.165, 1.54) is 18.2 Å². The first-order chi connectivity index (χ1) is 10.0. The van der Waals surface area contributed by atoms with Crippen LogP contribution in [-0.4, -0.2) is 58.5 Å². The van der Waals surface area contributed by atoms with Gasteiger partial charge in [-0.3, -0.25) is 19.8 Å². The van der Waals surface area contributed by atoms with Crippen molar-refractivity contribution in [3.63, 3.8) is 0 Å². The van der Waals surface area contributed by atoms with Gasteiger partial charge in [0.1, 0.15) is 0 Å². The van der Waals surface area contributed by atoms with Gasteiger partial charge in [-0.15, -0.1) is 0 Å². The van der Waals surface area contributed by atoms with Gasteiger partial charge in [0, 0.05) is 32.2 Å². The summed E-state index contributed by atoms with van der Waals surface area (Å²) in [5.74, 6) is -0.907. The molecular formula is C14H19N3O4. The predicted octanol–water partition coefficient (Wildman–Crippen LogP) is 1.47. The van der Waals surface area contributed by atoms with Crippen molar-refractivity contribution in [1.29, 1.82) is 0 Å². The number of nitro groups is 1. The minimum atomic E-state index is -0.689. The molecule has 21 heavy (non-hydrogen) atoms. The summed E-state index contributed by atoms with van der Waals surface area (Å²) in [6, 6.07) is 4.02. The molecule has 1 aromatic carbocycles. The van der Waals surface area contributed by atoms with Crippen LogP contribution in [0.15, 0.2) is 18.2 Å². The summed E-state index contributed by atoms with van der Waals surface area (Å²) in [5.41, 5.74) is -0.446. The van der Waals surface area contributed by atoms with Gasteiger partial charge in [0.2, 0.25) is 5.75 Å². The third-order valence-electron chi connectivity index (χ3n) is 3.64. The number of nitrogens with zero attached hydrogens (tertiary/aromatic N) is 3. The quantitative estimate of drug-likeness (QED) is 0.671. The Labute approximate surface area is 122 Å². The molecule has 7 heteroatoms. The fraction of sp³-hybridized carbons (Fsp3) is 0.500. The zero-order valence-corrected chi connectivity index (χ0v) is 12.0. The highest BCUT2D eigenvalue weighted by atomic mass is 16.6. The minimum Gasteiger partial charge on any atom is -0.502 e.